The third-order valence-electron chi connectivity index (χ3n) is 3.93. The van der Waals surface area contributed by atoms with E-state index in [1.54, 1.807) is 0 Å². The van der Waals surface area contributed by atoms with Crippen LogP contribution in [0.25, 0.3) is 0 Å². The summed E-state index contributed by atoms with van der Waals surface area (Å²) in [5, 5.41) is 0. The number of hydrogen-bond acceptors (Lipinski definition) is 2. The average molecular weight is 325 g/mol. The molecule has 1 unspecified atom stereocenters. The molecule has 1 aliphatic rings. The van der Waals surface area contributed by atoms with Gasteiger partial charge in [-0.25, -0.2) is 0 Å². The molecule has 2 rings (SSSR count). The molecule has 0 N–H and O–H groups in total. The molecule has 0 aromatic heterocycles. The van der Waals surface area contributed by atoms with Crippen LogP contribution < -0.4 is 0 Å². The van der Waals surface area contributed by atoms with E-state index >= 15 is 0 Å². The molecule has 3 heteroatoms. The van der Waals surface area contributed by atoms with Gasteiger partial charge in [0.25, 0.3) is 0 Å². The summed E-state index contributed by atoms with van der Waals surface area (Å²) in [6, 6.07) is 9.96. The van der Waals surface area contributed by atoms with Crippen molar-refractivity contribution in [1.29, 1.82) is 0 Å². The van der Waals surface area contributed by atoms with Crippen molar-refractivity contribution in [3.05, 3.63) is 35.9 Å². The van der Waals surface area contributed by atoms with Gasteiger partial charge in [-0.05, 0) is 31.2 Å². The van der Waals surface area contributed by atoms with Gasteiger partial charge in [-0.3, -0.25) is 4.79 Å². The number of ether oxygens (including phenoxy) is 1. The molecule has 0 heterocycles. The Kier molecular flexibility index (Phi) is 5.03. The van der Waals surface area contributed by atoms with Crippen molar-refractivity contribution in [3.8, 4) is 0 Å². The number of esters is 1. The molecule has 0 aliphatic heterocycles. The second-order valence-corrected chi connectivity index (χ2v) is 6.38. The van der Waals surface area contributed by atoms with Gasteiger partial charge in [0.15, 0.2) is 4.32 Å². The highest BCUT2D eigenvalue weighted by atomic mass is 79.9. The highest BCUT2D eigenvalue weighted by molar-refractivity contribution is 9.10. The third-order valence-corrected chi connectivity index (χ3v) is 5.36. The summed E-state index contributed by atoms with van der Waals surface area (Å²) in [5.74, 6) is 0.177. The number of benzene rings is 1. The largest absolute Gasteiger partial charge is 0.465 e. The molecule has 19 heavy (non-hydrogen) atoms. The molecule has 0 bridgehead atoms. The predicted molar refractivity (Wildman–Crippen MR) is 80.3 cm³/mol. The van der Waals surface area contributed by atoms with Crippen molar-refractivity contribution in [1.82, 2.24) is 0 Å². The molecule has 1 fully saturated rings. The monoisotopic (exact) mass is 324 g/mol. The molecule has 0 spiro atoms. The normalized spacial score (nSPS) is 19.7. The number of alkyl halides is 1. The summed E-state index contributed by atoms with van der Waals surface area (Å²) in [6.45, 7) is 2.28. The highest BCUT2D eigenvalue weighted by Crippen LogP contribution is 2.46. The van der Waals surface area contributed by atoms with E-state index in [1.165, 1.54) is 19.3 Å². The van der Waals surface area contributed by atoms with Gasteiger partial charge >= 0.3 is 5.97 Å². The lowest BCUT2D eigenvalue weighted by Gasteiger charge is -2.36. The maximum atomic E-state index is 12.5. The quantitative estimate of drug-likeness (QED) is 0.605. The molecule has 2 nitrogen and oxygen atoms in total. The number of carbonyl (C=O) groups is 1. The lowest BCUT2D eigenvalue weighted by atomic mass is 9.76. The van der Waals surface area contributed by atoms with Crippen molar-refractivity contribution >= 4 is 21.9 Å². The van der Waals surface area contributed by atoms with Gasteiger partial charge in [-0.1, -0.05) is 65.5 Å². The molecule has 1 aromatic carbocycles. The van der Waals surface area contributed by atoms with E-state index < -0.39 is 4.32 Å². The molecular formula is C16H21BrO2. The summed E-state index contributed by atoms with van der Waals surface area (Å²) < 4.78 is 4.65. The van der Waals surface area contributed by atoms with Crippen LogP contribution in [0.1, 0.15) is 44.6 Å². The van der Waals surface area contributed by atoms with Crippen LogP contribution in [0.4, 0.5) is 0 Å². The lowest BCUT2D eigenvalue weighted by Crippen LogP contribution is -2.40. The third kappa shape index (κ3) is 3.02. The van der Waals surface area contributed by atoms with Crippen LogP contribution in [0.3, 0.4) is 0 Å². The standard InChI is InChI=1S/C16H21BrO2/c1-2-19-15(18)16(17,13-9-5-3-6-10-13)14-11-7-4-8-12-14/h3,5-6,9-10,14H,2,4,7-8,11-12H2,1H3. The lowest BCUT2D eigenvalue weighted by molar-refractivity contribution is -0.148. The van der Waals surface area contributed by atoms with Crippen LogP contribution in [0.5, 0.6) is 0 Å². The van der Waals surface area contributed by atoms with Gasteiger partial charge in [-0.15, -0.1) is 0 Å². The Labute approximate surface area is 123 Å². The second kappa shape index (κ2) is 6.56. The zero-order valence-electron chi connectivity index (χ0n) is 11.4. The molecule has 1 saturated carbocycles. The van der Waals surface area contributed by atoms with Crippen LogP contribution in [-0.4, -0.2) is 12.6 Å². The van der Waals surface area contributed by atoms with E-state index in [-0.39, 0.29) is 5.97 Å². The minimum absolute atomic E-state index is 0.145. The van der Waals surface area contributed by atoms with Crippen molar-refractivity contribution in [3.63, 3.8) is 0 Å². The average Bonchev–Trinajstić information content (AvgIpc) is 2.48. The molecular weight excluding hydrogens is 304 g/mol. The summed E-state index contributed by atoms with van der Waals surface area (Å²) in [7, 11) is 0. The zero-order valence-corrected chi connectivity index (χ0v) is 13.0. The number of carbonyl (C=O) groups excluding carboxylic acids is 1. The van der Waals surface area contributed by atoms with E-state index in [0.717, 1.165) is 18.4 Å². The Morgan fingerprint density at radius 3 is 2.47 bits per heavy atom. The SMILES string of the molecule is CCOC(=O)C(Br)(c1ccccc1)C1CCCCC1. The zero-order chi connectivity index (χ0) is 13.7. The fourth-order valence-electron chi connectivity index (χ4n) is 2.94. The molecule has 0 radical (unpaired) electrons. The van der Waals surface area contributed by atoms with E-state index in [2.05, 4.69) is 15.9 Å². The summed E-state index contributed by atoms with van der Waals surface area (Å²) in [5.41, 5.74) is 1.01. The first-order valence-corrected chi connectivity index (χ1v) is 7.90. The Hall–Kier alpha value is -0.830. The van der Waals surface area contributed by atoms with Gasteiger partial charge in [0.05, 0.1) is 6.61 Å². The van der Waals surface area contributed by atoms with E-state index in [0.29, 0.717) is 12.5 Å². The molecule has 1 aliphatic carbocycles. The first-order chi connectivity index (χ1) is 9.19. The van der Waals surface area contributed by atoms with Gasteiger partial charge in [-0.2, -0.15) is 0 Å². The van der Waals surface area contributed by atoms with Crippen molar-refractivity contribution in [2.75, 3.05) is 6.61 Å². The molecule has 104 valence electrons. The van der Waals surface area contributed by atoms with Crippen molar-refractivity contribution < 1.29 is 9.53 Å². The van der Waals surface area contributed by atoms with E-state index in [9.17, 15) is 4.79 Å². The summed E-state index contributed by atoms with van der Waals surface area (Å²) >= 11 is 3.75. The highest BCUT2D eigenvalue weighted by Gasteiger charge is 2.46. The fraction of sp³-hybridized carbons (Fsp3) is 0.562. The smallest absolute Gasteiger partial charge is 0.327 e. The molecule has 0 saturated heterocycles. The van der Waals surface area contributed by atoms with Crippen LogP contribution >= 0.6 is 15.9 Å². The Balaban J connectivity index is 2.34. The topological polar surface area (TPSA) is 26.3 Å². The van der Waals surface area contributed by atoms with Gasteiger partial charge in [0.2, 0.25) is 0 Å². The van der Waals surface area contributed by atoms with E-state index in [4.69, 9.17) is 4.74 Å². The number of halogens is 1. The van der Waals surface area contributed by atoms with Crippen molar-refractivity contribution in [2.45, 2.75) is 43.4 Å². The second-order valence-electron chi connectivity index (χ2n) is 5.13. The van der Waals surface area contributed by atoms with Gasteiger partial charge < -0.3 is 4.74 Å². The molecule has 1 aromatic rings. The maximum absolute atomic E-state index is 12.5. The Bertz CT molecular complexity index is 412. The first kappa shape index (κ1) is 14.6. The minimum Gasteiger partial charge on any atom is -0.465 e. The molecule has 0 amide bonds. The van der Waals surface area contributed by atoms with Crippen molar-refractivity contribution in [2.24, 2.45) is 5.92 Å². The summed E-state index contributed by atoms with van der Waals surface area (Å²) in [4.78, 5) is 12.5. The summed E-state index contributed by atoms with van der Waals surface area (Å²) in [6.07, 6.45) is 5.84. The van der Waals surface area contributed by atoms with Gasteiger partial charge in [0, 0.05) is 0 Å². The first-order valence-electron chi connectivity index (χ1n) is 7.11. The predicted octanol–water partition coefficient (Wildman–Crippen LogP) is 4.42. The fourth-order valence-corrected chi connectivity index (χ4v) is 3.77. The van der Waals surface area contributed by atoms with Gasteiger partial charge in [0.1, 0.15) is 0 Å². The minimum atomic E-state index is -0.676. The number of rotatable bonds is 4. The Morgan fingerprint density at radius 2 is 1.89 bits per heavy atom. The van der Waals surface area contributed by atoms with Crippen LogP contribution in [-0.2, 0) is 13.9 Å². The van der Waals surface area contributed by atoms with Crippen LogP contribution in [0.2, 0.25) is 0 Å². The van der Waals surface area contributed by atoms with E-state index in [1.807, 2.05) is 37.3 Å². The Morgan fingerprint density at radius 1 is 1.26 bits per heavy atom. The molecule has 1 atom stereocenters. The van der Waals surface area contributed by atoms with Crippen LogP contribution in [0, 0.1) is 5.92 Å². The maximum Gasteiger partial charge on any atom is 0.327 e. The number of hydrogen-bond donors (Lipinski definition) is 0. The van der Waals surface area contributed by atoms with Crippen LogP contribution in [0.15, 0.2) is 30.3 Å².